The summed E-state index contributed by atoms with van der Waals surface area (Å²) >= 11 is 0. The first kappa shape index (κ1) is 20.5. The Hall–Kier alpha value is -1.83. The molecule has 1 aliphatic heterocycles. The van der Waals surface area contributed by atoms with E-state index in [0.29, 0.717) is 38.3 Å². The van der Waals surface area contributed by atoms with Gasteiger partial charge in [-0.2, -0.15) is 0 Å². The lowest BCUT2D eigenvalue weighted by atomic mass is 9.97. The SMILES string of the molecule is CC(C)C[C@H](NC(=O)OCC1CC1)C(=O)N[C@H](CO)C[C@@H]1CCNC1=O. The molecular weight excluding hydrogens is 338 g/mol. The number of rotatable bonds is 10. The number of aliphatic hydroxyl groups excluding tert-OH is 1. The number of carbonyl (C=O) groups is 3. The molecule has 0 aromatic carbocycles. The third-order valence-corrected chi connectivity index (χ3v) is 4.76. The number of amides is 3. The second-order valence-corrected chi connectivity index (χ2v) is 7.77. The molecule has 0 bridgehead atoms. The average Bonchev–Trinajstić information content (AvgIpc) is 3.33. The fourth-order valence-electron chi connectivity index (χ4n) is 3.06. The van der Waals surface area contributed by atoms with Crippen molar-refractivity contribution >= 4 is 17.9 Å². The van der Waals surface area contributed by atoms with Crippen LogP contribution >= 0.6 is 0 Å². The first-order chi connectivity index (χ1) is 12.4. The fraction of sp³-hybridized carbons (Fsp3) is 0.833. The molecule has 0 radical (unpaired) electrons. The van der Waals surface area contributed by atoms with Gasteiger partial charge in [-0.15, -0.1) is 0 Å². The Morgan fingerprint density at radius 1 is 1.27 bits per heavy atom. The van der Waals surface area contributed by atoms with E-state index >= 15 is 0 Å². The minimum Gasteiger partial charge on any atom is -0.449 e. The number of carbonyl (C=O) groups excluding carboxylic acids is 3. The van der Waals surface area contributed by atoms with Crippen molar-refractivity contribution in [3.8, 4) is 0 Å². The van der Waals surface area contributed by atoms with Crippen LogP contribution in [0.3, 0.4) is 0 Å². The third kappa shape index (κ3) is 6.82. The van der Waals surface area contributed by atoms with Gasteiger partial charge in [-0.05, 0) is 43.9 Å². The van der Waals surface area contributed by atoms with Crippen molar-refractivity contribution in [3.05, 3.63) is 0 Å². The molecule has 8 heteroatoms. The maximum absolute atomic E-state index is 12.6. The number of ether oxygens (including phenoxy) is 1. The Labute approximate surface area is 154 Å². The second-order valence-electron chi connectivity index (χ2n) is 7.77. The van der Waals surface area contributed by atoms with E-state index in [9.17, 15) is 19.5 Å². The van der Waals surface area contributed by atoms with E-state index < -0.39 is 18.2 Å². The summed E-state index contributed by atoms with van der Waals surface area (Å²) in [6.07, 6.45) is 3.12. The lowest BCUT2D eigenvalue weighted by Crippen LogP contribution is -2.51. The monoisotopic (exact) mass is 369 g/mol. The predicted octanol–water partition coefficient (Wildman–Crippen LogP) is 0.541. The Bertz CT molecular complexity index is 507. The number of alkyl carbamates (subject to hydrolysis) is 1. The molecule has 2 rings (SSSR count). The molecule has 0 unspecified atom stereocenters. The van der Waals surface area contributed by atoms with Gasteiger partial charge in [-0.3, -0.25) is 9.59 Å². The molecule has 0 aromatic rings. The lowest BCUT2D eigenvalue weighted by Gasteiger charge is -2.24. The van der Waals surface area contributed by atoms with Crippen molar-refractivity contribution in [2.45, 2.75) is 58.0 Å². The molecular formula is C18H31N3O5. The highest BCUT2D eigenvalue weighted by molar-refractivity contribution is 5.86. The molecule has 3 atom stereocenters. The van der Waals surface area contributed by atoms with Gasteiger partial charge in [0.1, 0.15) is 6.04 Å². The van der Waals surface area contributed by atoms with Crippen molar-refractivity contribution in [2.24, 2.45) is 17.8 Å². The summed E-state index contributed by atoms with van der Waals surface area (Å²) < 4.78 is 5.15. The third-order valence-electron chi connectivity index (χ3n) is 4.76. The van der Waals surface area contributed by atoms with Crippen LogP contribution in [0.25, 0.3) is 0 Å². The highest BCUT2D eigenvalue weighted by atomic mass is 16.5. The Kier molecular flexibility index (Phi) is 7.68. The zero-order chi connectivity index (χ0) is 19.1. The van der Waals surface area contributed by atoms with Gasteiger partial charge in [0.05, 0.1) is 19.3 Å². The molecule has 2 fully saturated rings. The van der Waals surface area contributed by atoms with Gasteiger partial charge in [0.25, 0.3) is 0 Å². The first-order valence-corrected chi connectivity index (χ1v) is 9.51. The van der Waals surface area contributed by atoms with Crippen molar-refractivity contribution in [2.75, 3.05) is 19.8 Å². The van der Waals surface area contributed by atoms with Crippen LogP contribution in [0.15, 0.2) is 0 Å². The van der Waals surface area contributed by atoms with E-state index in [4.69, 9.17) is 4.74 Å². The molecule has 1 heterocycles. The van der Waals surface area contributed by atoms with Crippen molar-refractivity contribution in [1.29, 1.82) is 0 Å². The molecule has 0 spiro atoms. The number of aliphatic hydroxyl groups is 1. The highest BCUT2D eigenvalue weighted by Crippen LogP contribution is 2.28. The van der Waals surface area contributed by atoms with Crippen LogP contribution in [0.5, 0.6) is 0 Å². The van der Waals surface area contributed by atoms with Crippen LogP contribution in [0.4, 0.5) is 4.79 Å². The minimum atomic E-state index is -0.729. The molecule has 8 nitrogen and oxygen atoms in total. The summed E-state index contributed by atoms with van der Waals surface area (Å²) in [5.74, 6) is 0.0438. The van der Waals surface area contributed by atoms with Crippen LogP contribution in [-0.2, 0) is 14.3 Å². The molecule has 148 valence electrons. The van der Waals surface area contributed by atoms with E-state index in [2.05, 4.69) is 16.0 Å². The van der Waals surface area contributed by atoms with Crippen LogP contribution in [-0.4, -0.2) is 54.9 Å². The Morgan fingerprint density at radius 3 is 2.54 bits per heavy atom. The van der Waals surface area contributed by atoms with Gasteiger partial charge < -0.3 is 25.8 Å². The van der Waals surface area contributed by atoms with E-state index in [1.54, 1.807) is 0 Å². The van der Waals surface area contributed by atoms with Gasteiger partial charge in [-0.1, -0.05) is 13.8 Å². The fourth-order valence-corrected chi connectivity index (χ4v) is 3.06. The number of nitrogens with one attached hydrogen (secondary N) is 3. The molecule has 2 aliphatic rings. The van der Waals surface area contributed by atoms with Gasteiger partial charge in [0.15, 0.2) is 0 Å². The van der Waals surface area contributed by atoms with Crippen molar-refractivity contribution in [1.82, 2.24) is 16.0 Å². The van der Waals surface area contributed by atoms with E-state index in [1.807, 2.05) is 13.8 Å². The summed E-state index contributed by atoms with van der Waals surface area (Å²) in [5.41, 5.74) is 0. The van der Waals surface area contributed by atoms with Crippen LogP contribution in [0.2, 0.25) is 0 Å². The van der Waals surface area contributed by atoms with Crippen LogP contribution < -0.4 is 16.0 Å². The highest BCUT2D eigenvalue weighted by Gasteiger charge is 2.30. The standard InChI is InChI=1S/C18H31N3O5/c1-11(2)7-15(21-18(25)26-10-12-3-4-12)17(24)20-14(9-22)8-13-5-6-19-16(13)23/h11-15,22H,3-10H2,1-2H3,(H,19,23)(H,20,24)(H,21,25)/t13-,14-,15-/m0/s1. The zero-order valence-electron chi connectivity index (χ0n) is 15.6. The van der Waals surface area contributed by atoms with E-state index in [1.165, 1.54) is 0 Å². The van der Waals surface area contributed by atoms with E-state index in [-0.39, 0.29) is 30.3 Å². The summed E-state index contributed by atoms with van der Waals surface area (Å²) in [7, 11) is 0. The topological polar surface area (TPSA) is 117 Å². The molecule has 1 saturated carbocycles. The molecule has 26 heavy (non-hydrogen) atoms. The first-order valence-electron chi connectivity index (χ1n) is 9.51. The maximum Gasteiger partial charge on any atom is 0.407 e. The zero-order valence-corrected chi connectivity index (χ0v) is 15.6. The second kappa shape index (κ2) is 9.75. The smallest absolute Gasteiger partial charge is 0.407 e. The Balaban J connectivity index is 1.86. The molecule has 3 amide bonds. The van der Waals surface area contributed by atoms with E-state index in [0.717, 1.165) is 12.8 Å². The normalized spacial score (nSPS) is 21.8. The van der Waals surface area contributed by atoms with Gasteiger partial charge >= 0.3 is 6.09 Å². The summed E-state index contributed by atoms with van der Waals surface area (Å²) in [6, 6.07) is -1.25. The molecule has 4 N–H and O–H groups in total. The van der Waals surface area contributed by atoms with Crippen molar-refractivity contribution < 1.29 is 24.2 Å². The predicted molar refractivity (Wildman–Crippen MR) is 95.2 cm³/mol. The van der Waals surface area contributed by atoms with Crippen molar-refractivity contribution in [3.63, 3.8) is 0 Å². The van der Waals surface area contributed by atoms with Gasteiger partial charge in [-0.25, -0.2) is 4.79 Å². The largest absolute Gasteiger partial charge is 0.449 e. The minimum absolute atomic E-state index is 0.0433. The summed E-state index contributed by atoms with van der Waals surface area (Å²) in [5, 5.41) is 17.7. The average molecular weight is 369 g/mol. The van der Waals surface area contributed by atoms with Crippen LogP contribution in [0, 0.1) is 17.8 Å². The summed E-state index contributed by atoms with van der Waals surface area (Å²) in [6.45, 7) is 4.68. The number of hydrogen-bond donors (Lipinski definition) is 4. The molecule has 1 aliphatic carbocycles. The number of hydrogen-bond acceptors (Lipinski definition) is 5. The van der Waals surface area contributed by atoms with Crippen LogP contribution in [0.1, 0.15) is 46.0 Å². The molecule has 1 saturated heterocycles. The summed E-state index contributed by atoms with van der Waals surface area (Å²) in [4.78, 5) is 36.2. The van der Waals surface area contributed by atoms with Gasteiger partial charge in [0.2, 0.25) is 11.8 Å². The quantitative estimate of drug-likeness (QED) is 0.448. The maximum atomic E-state index is 12.6. The lowest BCUT2D eigenvalue weighted by molar-refractivity contribution is -0.126. The molecule has 0 aromatic heterocycles. The Morgan fingerprint density at radius 2 is 2.00 bits per heavy atom. The van der Waals surface area contributed by atoms with Gasteiger partial charge in [0, 0.05) is 12.5 Å².